The third-order valence-corrected chi connectivity index (χ3v) is 6.86. The number of hydrogen-bond acceptors (Lipinski definition) is 9. The van der Waals surface area contributed by atoms with Gasteiger partial charge in [0.15, 0.2) is 0 Å². The van der Waals surface area contributed by atoms with E-state index >= 15 is 0 Å². The second kappa shape index (κ2) is 9.72. The number of halogens is 1. The third-order valence-electron chi connectivity index (χ3n) is 5.01. The Hall–Kier alpha value is -1.89. The number of carbonyl (C=O) groups excluding carboxylic acids is 1. The molecule has 0 bridgehead atoms. The van der Waals surface area contributed by atoms with Crippen molar-refractivity contribution in [2.24, 2.45) is 11.1 Å². The molecule has 3 atom stereocenters. The lowest BCUT2D eigenvalue weighted by Crippen LogP contribution is -2.22. The minimum absolute atomic E-state index is 0.0109. The maximum absolute atomic E-state index is 13.1. The van der Waals surface area contributed by atoms with Crippen LogP contribution >= 0.6 is 22.9 Å². The van der Waals surface area contributed by atoms with Crippen LogP contribution in [0.25, 0.3) is 0 Å². The van der Waals surface area contributed by atoms with Gasteiger partial charge < -0.3 is 10.4 Å². The minimum atomic E-state index is -3.97. The van der Waals surface area contributed by atoms with Gasteiger partial charge in [0, 0.05) is 17.8 Å². The van der Waals surface area contributed by atoms with Crippen molar-refractivity contribution in [2.45, 2.75) is 38.3 Å². The molecular weight excluding hydrogens is 464 g/mol. The van der Waals surface area contributed by atoms with Crippen molar-refractivity contribution in [3.05, 3.63) is 51.1 Å². The minimum Gasteiger partial charge on any atom is -0.384 e. The van der Waals surface area contributed by atoms with Crippen molar-refractivity contribution in [3.8, 4) is 0 Å². The van der Waals surface area contributed by atoms with Gasteiger partial charge in [0.05, 0.1) is 21.4 Å². The molecule has 168 valence electrons. The summed E-state index contributed by atoms with van der Waals surface area (Å²) in [6, 6.07) is 1.55. The van der Waals surface area contributed by atoms with Gasteiger partial charge in [-0.15, -0.1) is 11.3 Å². The van der Waals surface area contributed by atoms with E-state index in [-0.39, 0.29) is 29.9 Å². The summed E-state index contributed by atoms with van der Waals surface area (Å²) >= 11 is 7.30. The zero-order valence-electron chi connectivity index (χ0n) is 16.7. The molecule has 2 aromatic heterocycles. The van der Waals surface area contributed by atoms with E-state index < -0.39 is 16.4 Å². The number of anilines is 1. The number of nitrogens with zero attached hydrogens (tertiary/aromatic N) is 2. The Morgan fingerprint density at radius 2 is 2.26 bits per heavy atom. The molecule has 1 aliphatic carbocycles. The second-order valence-corrected chi connectivity index (χ2v) is 10.4. The number of aromatic nitrogens is 2. The molecule has 0 radical (unpaired) electrons. The molecule has 2 heterocycles. The predicted molar refractivity (Wildman–Crippen MR) is 118 cm³/mol. The van der Waals surface area contributed by atoms with Crippen LogP contribution in [0.2, 0.25) is 4.34 Å². The molecule has 31 heavy (non-hydrogen) atoms. The second-order valence-electron chi connectivity index (χ2n) is 7.50. The van der Waals surface area contributed by atoms with Gasteiger partial charge in [0.2, 0.25) is 5.78 Å². The normalized spacial score (nSPS) is 19.9. The van der Waals surface area contributed by atoms with Crippen molar-refractivity contribution in [2.75, 3.05) is 11.9 Å². The molecule has 4 N–H and O–H groups in total. The quantitative estimate of drug-likeness (QED) is 0.362. The van der Waals surface area contributed by atoms with E-state index in [1.54, 1.807) is 13.0 Å². The van der Waals surface area contributed by atoms with Crippen LogP contribution in [0.15, 0.2) is 30.7 Å². The summed E-state index contributed by atoms with van der Waals surface area (Å²) in [4.78, 5) is 21.6. The van der Waals surface area contributed by atoms with Gasteiger partial charge in [0.1, 0.15) is 18.2 Å². The van der Waals surface area contributed by atoms with E-state index in [0.29, 0.717) is 32.6 Å². The molecular formula is C19H23ClN4O5S2. The molecule has 0 aromatic carbocycles. The zero-order chi connectivity index (χ0) is 22.8. The SMILES string of the molecule is C=C(C)[C@@H](O)c1cc(C(=O)c2cncnc2N[C@H]2CC[C@@H](COS(N)(=O)=O)C2)sc1Cl. The highest BCUT2D eigenvalue weighted by Gasteiger charge is 2.28. The van der Waals surface area contributed by atoms with E-state index in [2.05, 4.69) is 26.0 Å². The lowest BCUT2D eigenvalue weighted by atomic mass is 10.1. The van der Waals surface area contributed by atoms with Gasteiger partial charge in [-0.2, -0.15) is 8.42 Å². The molecule has 1 saturated carbocycles. The fraction of sp³-hybridized carbons (Fsp3) is 0.421. The molecule has 2 aromatic rings. The largest absolute Gasteiger partial charge is 0.384 e. The molecule has 3 rings (SSSR count). The highest BCUT2D eigenvalue weighted by Crippen LogP contribution is 2.36. The van der Waals surface area contributed by atoms with E-state index in [1.807, 2.05) is 0 Å². The first-order valence-electron chi connectivity index (χ1n) is 9.46. The first-order valence-corrected chi connectivity index (χ1v) is 12.1. The number of aliphatic hydroxyl groups excluding tert-OH is 1. The molecule has 1 aliphatic rings. The van der Waals surface area contributed by atoms with Crippen LogP contribution in [0.4, 0.5) is 5.82 Å². The lowest BCUT2D eigenvalue weighted by molar-refractivity contribution is 0.104. The number of aliphatic hydroxyl groups is 1. The van der Waals surface area contributed by atoms with E-state index in [9.17, 15) is 18.3 Å². The van der Waals surface area contributed by atoms with E-state index in [1.165, 1.54) is 12.5 Å². The number of thiophene rings is 1. The van der Waals surface area contributed by atoms with Crippen LogP contribution < -0.4 is 10.5 Å². The van der Waals surface area contributed by atoms with Crippen molar-refractivity contribution in [1.29, 1.82) is 0 Å². The molecule has 0 unspecified atom stereocenters. The van der Waals surface area contributed by atoms with E-state index in [4.69, 9.17) is 16.7 Å². The number of rotatable bonds is 9. The van der Waals surface area contributed by atoms with Gasteiger partial charge in [0.25, 0.3) is 0 Å². The number of nitrogens with one attached hydrogen (secondary N) is 1. The summed E-state index contributed by atoms with van der Waals surface area (Å²) in [5, 5.41) is 18.4. The van der Waals surface area contributed by atoms with Crippen molar-refractivity contribution < 1.29 is 22.5 Å². The van der Waals surface area contributed by atoms with Crippen LogP contribution in [0.5, 0.6) is 0 Å². The lowest BCUT2D eigenvalue weighted by Gasteiger charge is -2.15. The first kappa shape index (κ1) is 23.8. The Balaban J connectivity index is 1.73. The maximum atomic E-state index is 13.1. The third kappa shape index (κ3) is 6.09. The van der Waals surface area contributed by atoms with Crippen LogP contribution in [-0.4, -0.2) is 41.9 Å². The molecule has 0 aliphatic heterocycles. The summed E-state index contributed by atoms with van der Waals surface area (Å²) in [6.45, 7) is 5.42. The van der Waals surface area contributed by atoms with Crippen LogP contribution in [0.3, 0.4) is 0 Å². The highest BCUT2D eigenvalue weighted by molar-refractivity contribution is 7.84. The van der Waals surface area contributed by atoms with Crippen molar-refractivity contribution >= 4 is 44.8 Å². The molecule has 0 saturated heterocycles. The van der Waals surface area contributed by atoms with E-state index in [0.717, 1.165) is 24.2 Å². The zero-order valence-corrected chi connectivity index (χ0v) is 19.1. The Kier molecular flexibility index (Phi) is 7.45. The predicted octanol–water partition coefficient (Wildman–Crippen LogP) is 2.83. The van der Waals surface area contributed by atoms with Crippen LogP contribution in [-0.2, 0) is 14.5 Å². The van der Waals surface area contributed by atoms with Crippen molar-refractivity contribution in [3.63, 3.8) is 0 Å². The molecule has 9 nitrogen and oxygen atoms in total. The van der Waals surface area contributed by atoms with Gasteiger partial charge in [-0.25, -0.2) is 15.1 Å². The Morgan fingerprint density at radius 1 is 1.52 bits per heavy atom. The number of hydrogen-bond donors (Lipinski definition) is 3. The monoisotopic (exact) mass is 486 g/mol. The highest BCUT2D eigenvalue weighted by atomic mass is 35.5. The Labute approximate surface area is 189 Å². The number of nitrogens with two attached hydrogens (primary N) is 1. The molecule has 0 amide bonds. The fourth-order valence-corrected chi connectivity index (χ4v) is 5.09. The smallest absolute Gasteiger partial charge is 0.333 e. The summed E-state index contributed by atoms with van der Waals surface area (Å²) in [5.41, 5.74) is 1.23. The van der Waals surface area contributed by atoms with Gasteiger partial charge in [-0.1, -0.05) is 18.2 Å². The molecule has 0 spiro atoms. The maximum Gasteiger partial charge on any atom is 0.333 e. The summed E-state index contributed by atoms with van der Waals surface area (Å²) < 4.78 is 27.0. The average Bonchev–Trinajstić information content (AvgIpc) is 3.31. The van der Waals surface area contributed by atoms with Gasteiger partial charge in [-0.3, -0.25) is 8.98 Å². The van der Waals surface area contributed by atoms with Gasteiger partial charge >= 0.3 is 10.3 Å². The van der Waals surface area contributed by atoms with Gasteiger partial charge in [-0.05, 0) is 43.7 Å². The Bertz CT molecular complexity index is 1090. The Morgan fingerprint density at radius 3 is 2.94 bits per heavy atom. The average molecular weight is 487 g/mol. The number of ketones is 1. The van der Waals surface area contributed by atoms with Crippen LogP contribution in [0.1, 0.15) is 53.1 Å². The fourth-order valence-electron chi connectivity index (χ4n) is 3.43. The van der Waals surface area contributed by atoms with Crippen molar-refractivity contribution in [1.82, 2.24) is 9.97 Å². The summed E-state index contributed by atoms with van der Waals surface area (Å²) in [6.07, 6.45) is 3.97. The van der Waals surface area contributed by atoms with Crippen LogP contribution in [0, 0.1) is 5.92 Å². The molecule has 12 heteroatoms. The topological polar surface area (TPSA) is 144 Å². The standard InChI is InChI=1S/C19H23ClN4O5S2/c1-10(2)16(25)13-6-15(30-18(13)20)17(26)14-7-22-9-23-19(14)24-12-4-3-11(5-12)8-29-31(21,27)28/h6-7,9,11-12,16,25H,1,3-5,8H2,2H3,(H2,21,27,28)(H,22,23,24)/t11-,12+,16-/m1/s1. The first-order chi connectivity index (χ1) is 14.5. The molecule has 1 fully saturated rings. The summed E-state index contributed by atoms with van der Waals surface area (Å²) in [7, 11) is -3.97. The number of carbonyl (C=O) groups is 1. The summed E-state index contributed by atoms with van der Waals surface area (Å²) in [5.74, 6) is 0.0888.